The largest absolute Gasteiger partial charge is 0.332 e. The zero-order chi connectivity index (χ0) is 16.8. The standard InChI is InChI=1S/C17H15FN4O2/c1-10-2-3-11(8-13(10)18)16(23)21-7-5-12-14(9-21)20-15-4-6-19-22(15)17(12)24/h2-4,6,8,19H,5,7,9H2,1H3. The van der Waals surface area contributed by atoms with Crippen molar-refractivity contribution in [2.24, 2.45) is 0 Å². The Morgan fingerprint density at radius 2 is 2.17 bits per heavy atom. The van der Waals surface area contributed by atoms with E-state index in [4.69, 9.17) is 0 Å². The number of rotatable bonds is 1. The van der Waals surface area contributed by atoms with Gasteiger partial charge in [0.1, 0.15) is 5.82 Å². The van der Waals surface area contributed by atoms with Gasteiger partial charge in [-0.15, -0.1) is 0 Å². The molecule has 0 aliphatic carbocycles. The SMILES string of the molecule is Cc1ccc(C(=O)N2CCc3c(nc4cc[nH]n4c3=O)C2)cc1F. The second kappa shape index (κ2) is 5.30. The molecule has 122 valence electrons. The first-order chi connectivity index (χ1) is 11.5. The second-order valence-electron chi connectivity index (χ2n) is 5.94. The van der Waals surface area contributed by atoms with Crippen molar-refractivity contribution in [1.82, 2.24) is 19.5 Å². The lowest BCUT2D eigenvalue weighted by molar-refractivity contribution is 0.0731. The smallest absolute Gasteiger partial charge is 0.276 e. The third kappa shape index (κ3) is 2.20. The van der Waals surface area contributed by atoms with Crippen LogP contribution in [0.15, 0.2) is 35.3 Å². The van der Waals surface area contributed by atoms with Crippen LogP contribution in [0, 0.1) is 12.7 Å². The third-order valence-corrected chi connectivity index (χ3v) is 4.40. The van der Waals surface area contributed by atoms with Crippen molar-refractivity contribution >= 4 is 11.6 Å². The van der Waals surface area contributed by atoms with Crippen molar-refractivity contribution in [1.29, 1.82) is 0 Å². The van der Waals surface area contributed by atoms with E-state index in [-0.39, 0.29) is 18.0 Å². The minimum Gasteiger partial charge on any atom is -0.332 e. The van der Waals surface area contributed by atoms with Crippen LogP contribution in [0.25, 0.3) is 5.65 Å². The molecule has 1 N–H and O–H groups in total. The van der Waals surface area contributed by atoms with E-state index in [0.717, 1.165) is 0 Å². The molecule has 0 saturated carbocycles. The molecule has 0 bridgehead atoms. The van der Waals surface area contributed by atoms with Crippen LogP contribution in [0.4, 0.5) is 4.39 Å². The predicted molar refractivity (Wildman–Crippen MR) is 85.4 cm³/mol. The van der Waals surface area contributed by atoms with Crippen LogP contribution < -0.4 is 5.56 Å². The molecule has 24 heavy (non-hydrogen) atoms. The number of hydrogen-bond donors (Lipinski definition) is 1. The van der Waals surface area contributed by atoms with Gasteiger partial charge < -0.3 is 4.90 Å². The molecule has 1 aliphatic heterocycles. The Kier molecular flexibility index (Phi) is 3.23. The summed E-state index contributed by atoms with van der Waals surface area (Å²) in [6.45, 7) is 2.31. The summed E-state index contributed by atoms with van der Waals surface area (Å²) >= 11 is 0. The Morgan fingerprint density at radius 3 is 2.96 bits per heavy atom. The molecule has 1 amide bonds. The summed E-state index contributed by atoms with van der Waals surface area (Å²) in [6, 6.07) is 6.17. The molecule has 0 unspecified atom stereocenters. The molecule has 0 atom stereocenters. The number of carbonyl (C=O) groups is 1. The van der Waals surface area contributed by atoms with Gasteiger partial charge >= 0.3 is 0 Å². The number of carbonyl (C=O) groups excluding carboxylic acids is 1. The molecule has 6 nitrogen and oxygen atoms in total. The third-order valence-electron chi connectivity index (χ3n) is 4.40. The van der Waals surface area contributed by atoms with Gasteiger partial charge in [-0.05, 0) is 31.0 Å². The average molecular weight is 326 g/mol. The first kappa shape index (κ1) is 14.6. The van der Waals surface area contributed by atoms with Gasteiger partial charge in [0.15, 0.2) is 5.65 Å². The maximum Gasteiger partial charge on any atom is 0.276 e. The number of aromatic amines is 1. The topological polar surface area (TPSA) is 70.5 Å². The Morgan fingerprint density at radius 1 is 1.33 bits per heavy atom. The van der Waals surface area contributed by atoms with E-state index in [1.165, 1.54) is 10.6 Å². The first-order valence-electron chi connectivity index (χ1n) is 7.68. The van der Waals surface area contributed by atoms with Gasteiger partial charge in [-0.3, -0.25) is 14.7 Å². The van der Waals surface area contributed by atoms with E-state index < -0.39 is 5.82 Å². The number of hydrogen-bond acceptors (Lipinski definition) is 3. The summed E-state index contributed by atoms with van der Waals surface area (Å²) in [7, 11) is 0. The average Bonchev–Trinajstić information content (AvgIpc) is 3.05. The van der Waals surface area contributed by atoms with Crippen molar-refractivity contribution in [2.75, 3.05) is 6.54 Å². The summed E-state index contributed by atoms with van der Waals surface area (Å²) < 4.78 is 15.1. The van der Waals surface area contributed by atoms with Crippen molar-refractivity contribution < 1.29 is 9.18 Å². The fourth-order valence-corrected chi connectivity index (χ4v) is 3.01. The minimum atomic E-state index is -0.399. The molecule has 1 aromatic carbocycles. The van der Waals surface area contributed by atoms with Gasteiger partial charge in [0.05, 0.1) is 12.2 Å². The van der Waals surface area contributed by atoms with E-state index >= 15 is 0 Å². The highest BCUT2D eigenvalue weighted by molar-refractivity contribution is 5.94. The Labute approximate surface area is 136 Å². The zero-order valence-electron chi connectivity index (χ0n) is 13.0. The van der Waals surface area contributed by atoms with Gasteiger partial charge in [-0.25, -0.2) is 13.9 Å². The maximum atomic E-state index is 13.7. The molecule has 0 radical (unpaired) electrons. The van der Waals surface area contributed by atoms with Crippen molar-refractivity contribution in [3.63, 3.8) is 0 Å². The second-order valence-corrected chi connectivity index (χ2v) is 5.94. The molecule has 7 heteroatoms. The molecular weight excluding hydrogens is 311 g/mol. The van der Waals surface area contributed by atoms with E-state index in [2.05, 4.69) is 10.1 Å². The Bertz CT molecular complexity index is 1020. The van der Waals surface area contributed by atoms with Gasteiger partial charge in [0.2, 0.25) is 0 Å². The summed E-state index contributed by atoms with van der Waals surface area (Å²) in [5.41, 5.74) is 2.42. The van der Waals surface area contributed by atoms with Crippen LogP contribution in [-0.2, 0) is 13.0 Å². The first-order valence-corrected chi connectivity index (χ1v) is 7.68. The normalized spacial score (nSPS) is 14.0. The van der Waals surface area contributed by atoms with E-state index in [0.29, 0.717) is 41.0 Å². The number of amides is 1. The van der Waals surface area contributed by atoms with Crippen LogP contribution in [0.3, 0.4) is 0 Å². The van der Waals surface area contributed by atoms with Gasteiger partial charge in [0, 0.05) is 29.9 Å². The van der Waals surface area contributed by atoms with Gasteiger partial charge in [-0.1, -0.05) is 6.07 Å². The number of H-pyrrole nitrogens is 1. The molecule has 3 aromatic rings. The van der Waals surface area contributed by atoms with E-state index in [1.807, 2.05) is 0 Å². The number of nitrogens with zero attached hydrogens (tertiary/aromatic N) is 3. The van der Waals surface area contributed by atoms with Crippen LogP contribution >= 0.6 is 0 Å². The number of benzene rings is 1. The maximum absolute atomic E-state index is 13.7. The summed E-state index contributed by atoms with van der Waals surface area (Å²) in [4.78, 5) is 31.1. The van der Waals surface area contributed by atoms with E-state index in [1.54, 1.807) is 36.2 Å². The molecular formula is C17H15FN4O2. The van der Waals surface area contributed by atoms with Crippen molar-refractivity contribution in [2.45, 2.75) is 19.9 Å². The molecule has 0 spiro atoms. The molecule has 0 fully saturated rings. The number of aromatic nitrogens is 3. The number of aryl methyl sites for hydroxylation is 1. The van der Waals surface area contributed by atoms with Gasteiger partial charge in [-0.2, -0.15) is 0 Å². The summed E-state index contributed by atoms with van der Waals surface area (Å²) in [6.07, 6.45) is 2.08. The lowest BCUT2D eigenvalue weighted by Gasteiger charge is -2.27. The number of nitrogens with one attached hydrogen (secondary N) is 1. The van der Waals surface area contributed by atoms with E-state index in [9.17, 15) is 14.0 Å². The minimum absolute atomic E-state index is 0.131. The molecule has 4 rings (SSSR count). The van der Waals surface area contributed by atoms with Gasteiger partial charge in [0.25, 0.3) is 11.5 Å². The van der Waals surface area contributed by atoms with Crippen molar-refractivity contribution in [3.8, 4) is 0 Å². The zero-order valence-corrected chi connectivity index (χ0v) is 13.0. The number of fused-ring (bicyclic) bond motifs is 2. The fraction of sp³-hybridized carbons (Fsp3) is 0.235. The van der Waals surface area contributed by atoms with Crippen LogP contribution in [-0.4, -0.2) is 31.9 Å². The Balaban J connectivity index is 1.68. The fourth-order valence-electron chi connectivity index (χ4n) is 3.01. The lowest BCUT2D eigenvalue weighted by Crippen LogP contribution is -2.39. The highest BCUT2D eigenvalue weighted by atomic mass is 19.1. The summed E-state index contributed by atoms with van der Waals surface area (Å²) in [5.74, 6) is -0.653. The van der Waals surface area contributed by atoms with Crippen LogP contribution in [0.1, 0.15) is 27.2 Å². The molecule has 0 saturated heterocycles. The predicted octanol–water partition coefficient (Wildman–Crippen LogP) is 1.67. The molecule has 2 aromatic heterocycles. The van der Waals surface area contributed by atoms with Crippen LogP contribution in [0.5, 0.6) is 0 Å². The monoisotopic (exact) mass is 326 g/mol. The molecule has 3 heterocycles. The van der Waals surface area contributed by atoms with Crippen molar-refractivity contribution in [3.05, 3.63) is 69.0 Å². The quantitative estimate of drug-likeness (QED) is 0.739. The highest BCUT2D eigenvalue weighted by Gasteiger charge is 2.26. The summed E-state index contributed by atoms with van der Waals surface area (Å²) in [5, 5.41) is 2.83. The lowest BCUT2D eigenvalue weighted by atomic mass is 10.0. The highest BCUT2D eigenvalue weighted by Crippen LogP contribution is 2.18. The molecule has 1 aliphatic rings. The Hall–Kier alpha value is -2.96. The van der Waals surface area contributed by atoms with Crippen LogP contribution in [0.2, 0.25) is 0 Å². The number of halogens is 1.